The zero-order valence-corrected chi connectivity index (χ0v) is 9.86. The van der Waals surface area contributed by atoms with E-state index in [0.717, 1.165) is 32.0 Å². The number of aliphatic imine (C=N–C) groups is 1. The summed E-state index contributed by atoms with van der Waals surface area (Å²) in [6, 6.07) is 0. The van der Waals surface area contributed by atoms with Crippen LogP contribution in [0.5, 0.6) is 0 Å². The maximum Gasteiger partial charge on any atom is 0.208 e. The van der Waals surface area contributed by atoms with Crippen molar-refractivity contribution in [1.29, 1.82) is 0 Å². The third-order valence-corrected chi connectivity index (χ3v) is 2.33. The number of hydrogen-bond donors (Lipinski definition) is 2. The second-order valence-electron chi connectivity index (χ2n) is 4.01. The summed E-state index contributed by atoms with van der Waals surface area (Å²) in [4.78, 5) is 6.55. The molecule has 0 aromatic carbocycles. The topological polar surface area (TPSA) is 62.9 Å². The first-order valence-corrected chi connectivity index (χ1v) is 5.58. The van der Waals surface area contributed by atoms with Crippen LogP contribution < -0.4 is 11.3 Å². The number of hydrogen-bond acceptors (Lipinski definition) is 3. The van der Waals surface area contributed by atoms with Gasteiger partial charge in [0.05, 0.1) is 12.2 Å². The first kappa shape index (κ1) is 12.3. The molecule has 1 aliphatic heterocycles. The summed E-state index contributed by atoms with van der Waals surface area (Å²) >= 11 is 0. The minimum Gasteiger partial charge on any atom is -0.372 e. The van der Waals surface area contributed by atoms with Crippen LogP contribution in [-0.4, -0.2) is 42.7 Å². The van der Waals surface area contributed by atoms with Crippen LogP contribution in [0.1, 0.15) is 27.2 Å². The molecule has 0 aliphatic carbocycles. The van der Waals surface area contributed by atoms with E-state index in [2.05, 4.69) is 36.1 Å². The van der Waals surface area contributed by atoms with Crippen molar-refractivity contribution >= 4 is 5.96 Å². The lowest BCUT2D eigenvalue weighted by atomic mass is 10.2. The van der Waals surface area contributed by atoms with Gasteiger partial charge in [-0.1, -0.05) is 6.92 Å². The summed E-state index contributed by atoms with van der Waals surface area (Å²) in [6.45, 7) is 8.73. The summed E-state index contributed by atoms with van der Waals surface area (Å²) in [5.41, 5.74) is 2.67. The molecule has 1 saturated heterocycles. The van der Waals surface area contributed by atoms with Crippen LogP contribution in [0, 0.1) is 0 Å². The van der Waals surface area contributed by atoms with Crippen LogP contribution in [-0.2, 0) is 4.74 Å². The molecule has 0 saturated carbocycles. The van der Waals surface area contributed by atoms with E-state index in [1.54, 1.807) is 0 Å². The second kappa shape index (κ2) is 5.92. The Bertz CT molecular complexity index is 209. The third kappa shape index (κ3) is 3.68. The smallest absolute Gasteiger partial charge is 0.208 e. The Balaban J connectivity index is 2.59. The zero-order chi connectivity index (χ0) is 11.3. The quantitative estimate of drug-likeness (QED) is 0.301. The van der Waals surface area contributed by atoms with E-state index >= 15 is 0 Å². The molecule has 0 bridgehead atoms. The largest absolute Gasteiger partial charge is 0.372 e. The molecular weight excluding hydrogens is 192 g/mol. The van der Waals surface area contributed by atoms with Gasteiger partial charge >= 0.3 is 0 Å². The Morgan fingerprint density at radius 3 is 2.53 bits per heavy atom. The van der Waals surface area contributed by atoms with E-state index in [9.17, 15) is 0 Å². The molecule has 88 valence electrons. The zero-order valence-electron chi connectivity index (χ0n) is 9.86. The Kier molecular flexibility index (Phi) is 4.84. The van der Waals surface area contributed by atoms with E-state index in [-0.39, 0.29) is 12.2 Å². The molecule has 0 aromatic heterocycles. The van der Waals surface area contributed by atoms with Crippen molar-refractivity contribution in [3.8, 4) is 0 Å². The summed E-state index contributed by atoms with van der Waals surface area (Å²) in [6.07, 6.45) is 1.49. The molecule has 5 heteroatoms. The minimum atomic E-state index is 0.230. The van der Waals surface area contributed by atoms with Gasteiger partial charge in [0.25, 0.3) is 0 Å². The van der Waals surface area contributed by atoms with Crippen molar-refractivity contribution in [2.24, 2.45) is 10.8 Å². The van der Waals surface area contributed by atoms with Crippen LogP contribution in [0.15, 0.2) is 4.99 Å². The number of morpholine rings is 1. The highest BCUT2D eigenvalue weighted by molar-refractivity contribution is 5.79. The number of rotatable bonds is 2. The molecule has 2 unspecified atom stereocenters. The number of nitrogens with one attached hydrogen (secondary N) is 1. The van der Waals surface area contributed by atoms with Gasteiger partial charge in [-0.15, -0.1) is 0 Å². The predicted octanol–water partition coefficient (Wildman–Crippen LogP) is 0.325. The molecule has 0 spiro atoms. The van der Waals surface area contributed by atoms with Crippen LogP contribution in [0.2, 0.25) is 0 Å². The maximum atomic E-state index is 5.65. The third-order valence-electron chi connectivity index (χ3n) is 2.33. The Morgan fingerprint density at radius 2 is 2.07 bits per heavy atom. The Morgan fingerprint density at radius 1 is 1.47 bits per heavy atom. The molecule has 0 amide bonds. The number of guanidine groups is 1. The fourth-order valence-corrected chi connectivity index (χ4v) is 1.81. The molecule has 15 heavy (non-hydrogen) atoms. The molecule has 0 radical (unpaired) electrons. The predicted molar refractivity (Wildman–Crippen MR) is 61.5 cm³/mol. The normalized spacial score (nSPS) is 28.0. The van der Waals surface area contributed by atoms with Crippen LogP contribution >= 0.6 is 0 Å². The van der Waals surface area contributed by atoms with Gasteiger partial charge in [0.15, 0.2) is 0 Å². The molecule has 1 rings (SSSR count). The SMILES string of the molecule is CCCN=C(NN)N1CC(C)OC(C)C1. The highest BCUT2D eigenvalue weighted by atomic mass is 16.5. The first-order chi connectivity index (χ1) is 7.17. The van der Waals surface area contributed by atoms with Crippen LogP contribution in [0.4, 0.5) is 0 Å². The van der Waals surface area contributed by atoms with Gasteiger partial charge in [0, 0.05) is 19.6 Å². The van der Waals surface area contributed by atoms with Crippen LogP contribution in [0.3, 0.4) is 0 Å². The van der Waals surface area contributed by atoms with Crippen molar-refractivity contribution in [3.05, 3.63) is 0 Å². The lowest BCUT2D eigenvalue weighted by Crippen LogP contribution is -2.54. The van der Waals surface area contributed by atoms with Gasteiger partial charge in [0.2, 0.25) is 5.96 Å². The molecule has 1 heterocycles. The van der Waals surface area contributed by atoms with Crippen molar-refractivity contribution in [2.75, 3.05) is 19.6 Å². The highest BCUT2D eigenvalue weighted by Crippen LogP contribution is 2.10. The van der Waals surface area contributed by atoms with Gasteiger partial charge < -0.3 is 9.64 Å². The lowest BCUT2D eigenvalue weighted by Gasteiger charge is -2.36. The van der Waals surface area contributed by atoms with Gasteiger partial charge in [-0.3, -0.25) is 10.4 Å². The van der Waals surface area contributed by atoms with Gasteiger partial charge in [-0.25, -0.2) is 5.84 Å². The van der Waals surface area contributed by atoms with E-state index < -0.39 is 0 Å². The summed E-state index contributed by atoms with van der Waals surface area (Å²) < 4.78 is 5.65. The highest BCUT2D eigenvalue weighted by Gasteiger charge is 2.24. The molecule has 0 aromatic rings. The summed E-state index contributed by atoms with van der Waals surface area (Å²) in [7, 11) is 0. The minimum absolute atomic E-state index is 0.230. The average molecular weight is 214 g/mol. The second-order valence-corrected chi connectivity index (χ2v) is 4.01. The monoisotopic (exact) mass is 214 g/mol. The first-order valence-electron chi connectivity index (χ1n) is 5.58. The van der Waals surface area contributed by atoms with Crippen molar-refractivity contribution in [3.63, 3.8) is 0 Å². The van der Waals surface area contributed by atoms with Gasteiger partial charge in [0.1, 0.15) is 0 Å². The van der Waals surface area contributed by atoms with E-state index in [1.807, 2.05) is 0 Å². The molecule has 5 nitrogen and oxygen atoms in total. The number of ether oxygens (including phenoxy) is 1. The van der Waals surface area contributed by atoms with E-state index in [1.165, 1.54) is 0 Å². The fourth-order valence-electron chi connectivity index (χ4n) is 1.81. The molecule has 1 fully saturated rings. The van der Waals surface area contributed by atoms with Crippen molar-refractivity contribution in [2.45, 2.75) is 39.4 Å². The van der Waals surface area contributed by atoms with Crippen molar-refractivity contribution in [1.82, 2.24) is 10.3 Å². The van der Waals surface area contributed by atoms with Gasteiger partial charge in [-0.2, -0.15) is 0 Å². The molecule has 3 N–H and O–H groups in total. The van der Waals surface area contributed by atoms with Crippen molar-refractivity contribution < 1.29 is 4.74 Å². The van der Waals surface area contributed by atoms with E-state index in [0.29, 0.717) is 0 Å². The molecule has 2 atom stereocenters. The molecular formula is C10H22N4O. The van der Waals surface area contributed by atoms with E-state index in [4.69, 9.17) is 10.6 Å². The summed E-state index contributed by atoms with van der Waals surface area (Å²) in [5, 5.41) is 0. The lowest BCUT2D eigenvalue weighted by molar-refractivity contribution is -0.0489. The molecule has 1 aliphatic rings. The van der Waals surface area contributed by atoms with Crippen LogP contribution in [0.25, 0.3) is 0 Å². The summed E-state index contributed by atoms with van der Waals surface area (Å²) in [5.74, 6) is 6.25. The average Bonchev–Trinajstić information content (AvgIpc) is 2.17. The number of nitrogens with zero attached hydrogens (tertiary/aromatic N) is 2. The Hall–Kier alpha value is -0.810. The standard InChI is InChI=1S/C10H22N4O/c1-4-5-12-10(13-11)14-6-8(2)15-9(3)7-14/h8-9H,4-7,11H2,1-3H3,(H,12,13). The maximum absolute atomic E-state index is 5.65. The number of nitrogens with two attached hydrogens (primary N) is 1. The number of hydrazine groups is 1. The fraction of sp³-hybridized carbons (Fsp3) is 0.900. The Labute approximate surface area is 91.6 Å². The van der Waals surface area contributed by atoms with Gasteiger partial charge in [-0.05, 0) is 20.3 Å².